The van der Waals surface area contributed by atoms with E-state index in [1.165, 1.54) is 0 Å². The maximum absolute atomic E-state index is 11.7. The third kappa shape index (κ3) is 6.62. The molecular weight excluding hydrogens is 282 g/mol. The van der Waals surface area contributed by atoms with Crippen molar-refractivity contribution in [1.29, 1.82) is 0 Å². The number of hydrogen-bond donors (Lipinski definition) is 2. The summed E-state index contributed by atoms with van der Waals surface area (Å²) in [7, 11) is 5.56. The number of guanidine groups is 1. The lowest BCUT2D eigenvalue weighted by Gasteiger charge is -2.20. The highest BCUT2D eigenvalue weighted by Gasteiger charge is 2.25. The monoisotopic (exact) mass is 313 g/mol. The van der Waals surface area contributed by atoms with Crippen molar-refractivity contribution in [3.8, 4) is 0 Å². The van der Waals surface area contributed by atoms with E-state index in [1.807, 2.05) is 11.8 Å². The number of carbonyl (C=O) groups excluding carboxylic acids is 1. The molecule has 1 fully saturated rings. The predicted molar refractivity (Wildman–Crippen MR) is 89.1 cm³/mol. The van der Waals surface area contributed by atoms with E-state index in [4.69, 9.17) is 4.74 Å². The maximum atomic E-state index is 11.7. The molecule has 1 aliphatic heterocycles. The maximum Gasteiger partial charge on any atom is 0.222 e. The number of aliphatic imine (C=N–C) groups is 1. The molecule has 0 bridgehead atoms. The number of rotatable bonds is 8. The zero-order valence-electron chi connectivity index (χ0n) is 14.4. The fourth-order valence-corrected chi connectivity index (χ4v) is 2.44. The van der Waals surface area contributed by atoms with Crippen LogP contribution in [0.5, 0.6) is 0 Å². The number of methoxy groups -OCH3 is 1. The summed E-state index contributed by atoms with van der Waals surface area (Å²) >= 11 is 0. The molecule has 0 aromatic rings. The summed E-state index contributed by atoms with van der Waals surface area (Å²) < 4.78 is 5.06. The molecule has 0 aromatic heterocycles. The zero-order valence-corrected chi connectivity index (χ0v) is 14.4. The summed E-state index contributed by atoms with van der Waals surface area (Å²) in [6.45, 7) is 6.92. The van der Waals surface area contributed by atoms with Crippen molar-refractivity contribution in [1.82, 2.24) is 20.4 Å². The largest absolute Gasteiger partial charge is 0.383 e. The van der Waals surface area contributed by atoms with Gasteiger partial charge in [0.2, 0.25) is 5.91 Å². The highest BCUT2D eigenvalue weighted by molar-refractivity contribution is 5.80. The minimum absolute atomic E-state index is 0.229. The van der Waals surface area contributed by atoms with Crippen LogP contribution in [-0.4, -0.2) is 88.2 Å². The Kier molecular flexibility index (Phi) is 8.84. The van der Waals surface area contributed by atoms with Gasteiger partial charge >= 0.3 is 0 Å². The van der Waals surface area contributed by atoms with Gasteiger partial charge in [-0.3, -0.25) is 9.79 Å². The molecular formula is C15H31N5O2. The van der Waals surface area contributed by atoms with Gasteiger partial charge in [-0.05, 0) is 13.5 Å². The Morgan fingerprint density at radius 1 is 1.45 bits per heavy atom. The number of nitrogens with one attached hydrogen (secondary N) is 2. The van der Waals surface area contributed by atoms with Crippen molar-refractivity contribution in [2.75, 3.05) is 60.5 Å². The van der Waals surface area contributed by atoms with Gasteiger partial charge in [0, 0.05) is 59.3 Å². The topological polar surface area (TPSA) is 69.2 Å². The molecule has 0 aromatic carbocycles. The van der Waals surface area contributed by atoms with Crippen LogP contribution in [0.4, 0.5) is 0 Å². The average Bonchev–Trinajstić information content (AvgIpc) is 2.99. The van der Waals surface area contributed by atoms with Gasteiger partial charge < -0.3 is 25.2 Å². The molecule has 1 atom stereocenters. The summed E-state index contributed by atoms with van der Waals surface area (Å²) in [5.74, 6) is 1.03. The van der Waals surface area contributed by atoms with Crippen LogP contribution in [0.3, 0.4) is 0 Å². The molecule has 1 heterocycles. The second-order valence-corrected chi connectivity index (χ2v) is 5.62. The number of ether oxygens (including phenoxy) is 1. The SMILES string of the molecule is CCC(=O)N1CCC(NC(=NC)NCCN(C)CCOC)C1. The van der Waals surface area contributed by atoms with Gasteiger partial charge in [-0.2, -0.15) is 0 Å². The lowest BCUT2D eigenvalue weighted by Crippen LogP contribution is -2.46. The van der Waals surface area contributed by atoms with E-state index in [9.17, 15) is 4.79 Å². The first-order chi connectivity index (χ1) is 10.6. The molecule has 0 saturated carbocycles. The molecule has 1 saturated heterocycles. The van der Waals surface area contributed by atoms with E-state index in [2.05, 4.69) is 27.6 Å². The van der Waals surface area contributed by atoms with E-state index in [0.717, 1.165) is 51.7 Å². The van der Waals surface area contributed by atoms with Crippen molar-refractivity contribution in [3.63, 3.8) is 0 Å². The van der Waals surface area contributed by atoms with Crippen LogP contribution < -0.4 is 10.6 Å². The summed E-state index contributed by atoms with van der Waals surface area (Å²) in [5, 5.41) is 6.71. The third-order valence-corrected chi connectivity index (χ3v) is 3.87. The Labute approximate surface area is 134 Å². The van der Waals surface area contributed by atoms with Crippen LogP contribution in [0.1, 0.15) is 19.8 Å². The Morgan fingerprint density at radius 2 is 2.23 bits per heavy atom. The fourth-order valence-electron chi connectivity index (χ4n) is 2.44. The number of likely N-dealkylation sites (tertiary alicyclic amines) is 1. The summed E-state index contributed by atoms with van der Waals surface area (Å²) in [4.78, 5) is 20.1. The minimum atomic E-state index is 0.229. The number of carbonyl (C=O) groups is 1. The van der Waals surface area contributed by atoms with Gasteiger partial charge in [-0.15, -0.1) is 0 Å². The molecule has 1 rings (SSSR count). The van der Waals surface area contributed by atoms with Crippen molar-refractivity contribution >= 4 is 11.9 Å². The molecule has 0 spiro atoms. The molecule has 1 aliphatic rings. The average molecular weight is 313 g/mol. The second-order valence-electron chi connectivity index (χ2n) is 5.62. The van der Waals surface area contributed by atoms with Gasteiger partial charge in [0.15, 0.2) is 5.96 Å². The second kappa shape index (κ2) is 10.4. The molecule has 1 unspecified atom stereocenters. The van der Waals surface area contributed by atoms with E-state index in [0.29, 0.717) is 6.42 Å². The van der Waals surface area contributed by atoms with Crippen LogP contribution in [-0.2, 0) is 9.53 Å². The third-order valence-electron chi connectivity index (χ3n) is 3.87. The van der Waals surface area contributed by atoms with Gasteiger partial charge in [-0.1, -0.05) is 6.92 Å². The van der Waals surface area contributed by atoms with E-state index in [1.54, 1.807) is 14.2 Å². The van der Waals surface area contributed by atoms with Crippen molar-refractivity contribution in [2.45, 2.75) is 25.8 Å². The van der Waals surface area contributed by atoms with Crippen LogP contribution in [0, 0.1) is 0 Å². The van der Waals surface area contributed by atoms with Gasteiger partial charge in [0.05, 0.1) is 6.61 Å². The van der Waals surface area contributed by atoms with E-state index in [-0.39, 0.29) is 11.9 Å². The molecule has 1 amide bonds. The van der Waals surface area contributed by atoms with Crippen molar-refractivity contribution in [3.05, 3.63) is 0 Å². The zero-order chi connectivity index (χ0) is 16.4. The summed E-state index contributed by atoms with van der Waals surface area (Å²) in [6, 6.07) is 0.285. The summed E-state index contributed by atoms with van der Waals surface area (Å²) in [6.07, 6.45) is 1.55. The Balaban J connectivity index is 2.24. The Hall–Kier alpha value is -1.34. The number of nitrogens with zero attached hydrogens (tertiary/aromatic N) is 3. The molecule has 22 heavy (non-hydrogen) atoms. The molecule has 0 radical (unpaired) electrons. The first-order valence-corrected chi connectivity index (χ1v) is 8.03. The lowest BCUT2D eigenvalue weighted by molar-refractivity contribution is -0.129. The van der Waals surface area contributed by atoms with E-state index >= 15 is 0 Å². The first-order valence-electron chi connectivity index (χ1n) is 8.03. The minimum Gasteiger partial charge on any atom is -0.383 e. The fraction of sp³-hybridized carbons (Fsp3) is 0.867. The van der Waals surface area contributed by atoms with Crippen LogP contribution in [0.2, 0.25) is 0 Å². The van der Waals surface area contributed by atoms with Crippen LogP contribution in [0.25, 0.3) is 0 Å². The quantitative estimate of drug-likeness (QED) is 0.477. The van der Waals surface area contributed by atoms with Crippen molar-refractivity contribution < 1.29 is 9.53 Å². The van der Waals surface area contributed by atoms with Gasteiger partial charge in [0.25, 0.3) is 0 Å². The van der Waals surface area contributed by atoms with Crippen LogP contribution in [0.15, 0.2) is 4.99 Å². The standard InChI is InChI=1S/C15H31N5O2/c1-5-14(21)20-8-6-13(12-20)18-15(16-2)17-7-9-19(3)10-11-22-4/h13H,5-12H2,1-4H3,(H2,16,17,18). The highest BCUT2D eigenvalue weighted by Crippen LogP contribution is 2.10. The Morgan fingerprint density at radius 3 is 2.86 bits per heavy atom. The van der Waals surface area contributed by atoms with Gasteiger partial charge in [-0.25, -0.2) is 0 Å². The number of hydrogen-bond acceptors (Lipinski definition) is 4. The molecule has 2 N–H and O–H groups in total. The first kappa shape index (κ1) is 18.7. The molecule has 7 nitrogen and oxygen atoms in total. The molecule has 128 valence electrons. The summed E-state index contributed by atoms with van der Waals surface area (Å²) in [5.41, 5.74) is 0. The van der Waals surface area contributed by atoms with Gasteiger partial charge in [0.1, 0.15) is 0 Å². The van der Waals surface area contributed by atoms with Crippen molar-refractivity contribution in [2.24, 2.45) is 4.99 Å². The number of amides is 1. The Bertz CT molecular complexity index is 362. The smallest absolute Gasteiger partial charge is 0.222 e. The number of likely N-dealkylation sites (N-methyl/N-ethyl adjacent to an activating group) is 1. The lowest BCUT2D eigenvalue weighted by atomic mass is 10.3. The molecule has 7 heteroatoms. The molecule has 0 aliphatic carbocycles. The predicted octanol–water partition coefficient (Wildman–Crippen LogP) is -0.259. The van der Waals surface area contributed by atoms with E-state index < -0.39 is 0 Å². The highest BCUT2D eigenvalue weighted by atomic mass is 16.5. The normalized spacial score (nSPS) is 18.9. The van der Waals surface area contributed by atoms with Crippen LogP contribution >= 0.6 is 0 Å².